The quantitative estimate of drug-likeness (QED) is 0.896. The zero-order valence-electron chi connectivity index (χ0n) is 10.1. The molecule has 0 spiro atoms. The molecule has 2 heterocycles. The van der Waals surface area contributed by atoms with E-state index in [-0.39, 0.29) is 0 Å². The average molecular weight is 331 g/mol. The average Bonchev–Trinajstić information content (AvgIpc) is 2.84. The van der Waals surface area contributed by atoms with Gasteiger partial charge in [0.25, 0.3) is 0 Å². The Kier molecular flexibility index (Phi) is 4.36. The van der Waals surface area contributed by atoms with Crippen LogP contribution in [0.5, 0.6) is 0 Å². The van der Waals surface area contributed by atoms with Gasteiger partial charge in [0.2, 0.25) is 0 Å². The molecule has 0 bridgehead atoms. The van der Waals surface area contributed by atoms with Crippen molar-refractivity contribution in [3.63, 3.8) is 0 Å². The summed E-state index contributed by atoms with van der Waals surface area (Å²) in [5.41, 5.74) is 0. The van der Waals surface area contributed by atoms with Crippen LogP contribution in [-0.4, -0.2) is 11.0 Å². The summed E-state index contributed by atoms with van der Waals surface area (Å²) in [6.07, 6.45) is 1.97. The summed E-state index contributed by atoms with van der Waals surface area (Å²) in [6, 6.07) is 2.66. The lowest BCUT2D eigenvalue weighted by Crippen LogP contribution is -2.21. The molecule has 2 aromatic heterocycles. The lowest BCUT2D eigenvalue weighted by atomic mass is 10.4. The largest absolute Gasteiger partial charge is 0.310 e. The SMILES string of the molecule is Cc1sc(-c2ncc(CNC(C)C)s2)cc1Br. The van der Waals surface area contributed by atoms with Gasteiger partial charge < -0.3 is 5.32 Å². The van der Waals surface area contributed by atoms with Crippen molar-refractivity contribution in [1.29, 1.82) is 0 Å². The van der Waals surface area contributed by atoms with E-state index < -0.39 is 0 Å². The van der Waals surface area contributed by atoms with E-state index in [2.05, 4.69) is 53.1 Å². The third kappa shape index (κ3) is 3.37. The second kappa shape index (κ2) is 5.61. The number of hydrogen-bond donors (Lipinski definition) is 1. The highest BCUT2D eigenvalue weighted by Crippen LogP contribution is 2.35. The predicted octanol–water partition coefficient (Wildman–Crippen LogP) is 4.44. The van der Waals surface area contributed by atoms with Gasteiger partial charge in [-0.15, -0.1) is 22.7 Å². The molecule has 0 unspecified atom stereocenters. The molecule has 0 aliphatic carbocycles. The number of nitrogens with zero attached hydrogens (tertiary/aromatic N) is 1. The number of aromatic nitrogens is 1. The Hall–Kier alpha value is -0.230. The first-order valence-corrected chi connectivity index (χ1v) is 7.93. The van der Waals surface area contributed by atoms with Crippen LogP contribution in [0.1, 0.15) is 23.6 Å². The predicted molar refractivity (Wildman–Crippen MR) is 79.8 cm³/mol. The Morgan fingerprint density at radius 1 is 1.41 bits per heavy atom. The molecular formula is C12H15BrN2S2. The van der Waals surface area contributed by atoms with Crippen LogP contribution in [0.2, 0.25) is 0 Å². The number of nitrogens with one attached hydrogen (secondary N) is 1. The Morgan fingerprint density at radius 3 is 2.76 bits per heavy atom. The molecule has 2 aromatic rings. The molecule has 0 amide bonds. The first-order chi connectivity index (χ1) is 8.06. The minimum absolute atomic E-state index is 0.513. The van der Waals surface area contributed by atoms with Gasteiger partial charge in [-0.3, -0.25) is 0 Å². The van der Waals surface area contributed by atoms with E-state index in [1.54, 1.807) is 22.7 Å². The second-order valence-corrected chi connectivity index (χ2v) is 7.41. The minimum Gasteiger partial charge on any atom is -0.310 e. The van der Waals surface area contributed by atoms with Gasteiger partial charge in [-0.25, -0.2) is 4.98 Å². The van der Waals surface area contributed by atoms with Crippen LogP contribution in [0.25, 0.3) is 9.88 Å². The zero-order valence-corrected chi connectivity index (χ0v) is 13.3. The molecule has 0 fully saturated rings. The van der Waals surface area contributed by atoms with Crippen LogP contribution in [0, 0.1) is 6.92 Å². The molecule has 0 aromatic carbocycles. The van der Waals surface area contributed by atoms with Crippen molar-refractivity contribution in [2.75, 3.05) is 0 Å². The highest BCUT2D eigenvalue weighted by atomic mass is 79.9. The lowest BCUT2D eigenvalue weighted by molar-refractivity contribution is 0.593. The van der Waals surface area contributed by atoms with Crippen molar-refractivity contribution in [3.05, 3.63) is 26.5 Å². The van der Waals surface area contributed by atoms with Gasteiger partial charge in [-0.2, -0.15) is 0 Å². The van der Waals surface area contributed by atoms with E-state index in [0.29, 0.717) is 6.04 Å². The highest BCUT2D eigenvalue weighted by molar-refractivity contribution is 9.10. The van der Waals surface area contributed by atoms with Crippen molar-refractivity contribution in [1.82, 2.24) is 10.3 Å². The number of halogens is 1. The summed E-state index contributed by atoms with van der Waals surface area (Å²) in [7, 11) is 0. The molecule has 5 heteroatoms. The minimum atomic E-state index is 0.513. The normalized spacial score (nSPS) is 11.4. The topological polar surface area (TPSA) is 24.9 Å². The van der Waals surface area contributed by atoms with Gasteiger partial charge >= 0.3 is 0 Å². The molecule has 0 radical (unpaired) electrons. The zero-order chi connectivity index (χ0) is 12.4. The maximum atomic E-state index is 4.49. The molecule has 92 valence electrons. The van der Waals surface area contributed by atoms with Crippen LogP contribution < -0.4 is 5.32 Å². The van der Waals surface area contributed by atoms with Gasteiger partial charge in [0.15, 0.2) is 0 Å². The molecule has 0 aliphatic heterocycles. The van der Waals surface area contributed by atoms with E-state index in [9.17, 15) is 0 Å². The molecule has 2 nitrogen and oxygen atoms in total. The number of hydrogen-bond acceptors (Lipinski definition) is 4. The summed E-state index contributed by atoms with van der Waals surface area (Å²) in [6.45, 7) is 7.33. The lowest BCUT2D eigenvalue weighted by Gasteiger charge is -2.04. The second-order valence-electron chi connectivity index (χ2n) is 4.18. The van der Waals surface area contributed by atoms with Crippen LogP contribution >= 0.6 is 38.6 Å². The molecule has 0 saturated heterocycles. The first kappa shape index (κ1) is 13.2. The van der Waals surface area contributed by atoms with Crippen molar-refractivity contribution < 1.29 is 0 Å². The number of aryl methyl sites for hydroxylation is 1. The van der Waals surface area contributed by atoms with E-state index in [4.69, 9.17) is 0 Å². The summed E-state index contributed by atoms with van der Waals surface area (Å²) >= 11 is 7.10. The smallest absolute Gasteiger partial charge is 0.133 e. The summed E-state index contributed by atoms with van der Waals surface area (Å²) < 4.78 is 1.18. The van der Waals surface area contributed by atoms with Crippen molar-refractivity contribution in [3.8, 4) is 9.88 Å². The Labute approximate surface area is 118 Å². The number of thiazole rings is 1. The standard InChI is InChI=1S/C12H15BrN2S2/c1-7(2)14-5-9-6-15-12(17-9)11-4-10(13)8(3)16-11/h4,6-7,14H,5H2,1-3H3. The Bertz CT molecular complexity index is 483. The van der Waals surface area contributed by atoms with Crippen LogP contribution in [-0.2, 0) is 6.54 Å². The fourth-order valence-electron chi connectivity index (χ4n) is 1.37. The van der Waals surface area contributed by atoms with Gasteiger partial charge in [0.1, 0.15) is 5.01 Å². The van der Waals surface area contributed by atoms with Gasteiger partial charge in [0, 0.05) is 33.0 Å². The van der Waals surface area contributed by atoms with Gasteiger partial charge in [-0.1, -0.05) is 13.8 Å². The highest BCUT2D eigenvalue weighted by Gasteiger charge is 2.09. The van der Waals surface area contributed by atoms with Crippen LogP contribution in [0.4, 0.5) is 0 Å². The van der Waals surface area contributed by atoms with E-state index in [1.165, 1.54) is 19.1 Å². The van der Waals surface area contributed by atoms with Crippen LogP contribution in [0.3, 0.4) is 0 Å². The molecular weight excluding hydrogens is 316 g/mol. The summed E-state index contributed by atoms with van der Waals surface area (Å²) in [5.74, 6) is 0. The van der Waals surface area contributed by atoms with Crippen molar-refractivity contribution in [2.24, 2.45) is 0 Å². The van der Waals surface area contributed by atoms with E-state index in [1.807, 2.05) is 6.20 Å². The van der Waals surface area contributed by atoms with Crippen molar-refractivity contribution >= 4 is 38.6 Å². The van der Waals surface area contributed by atoms with Crippen molar-refractivity contribution in [2.45, 2.75) is 33.4 Å². The van der Waals surface area contributed by atoms with Gasteiger partial charge in [-0.05, 0) is 28.9 Å². The van der Waals surface area contributed by atoms with E-state index in [0.717, 1.165) is 11.6 Å². The third-order valence-corrected chi connectivity index (χ3v) is 5.61. The maximum absolute atomic E-state index is 4.49. The molecule has 0 saturated carbocycles. The molecule has 1 N–H and O–H groups in total. The fraction of sp³-hybridized carbons (Fsp3) is 0.417. The van der Waals surface area contributed by atoms with Gasteiger partial charge in [0.05, 0.1) is 4.88 Å². The molecule has 0 atom stereocenters. The van der Waals surface area contributed by atoms with E-state index >= 15 is 0 Å². The fourth-order valence-corrected chi connectivity index (χ4v) is 3.82. The number of rotatable bonds is 4. The Balaban J connectivity index is 2.12. The maximum Gasteiger partial charge on any atom is 0.133 e. The third-order valence-electron chi connectivity index (χ3n) is 2.31. The molecule has 0 aliphatic rings. The number of thiophene rings is 1. The monoisotopic (exact) mass is 330 g/mol. The summed E-state index contributed by atoms with van der Waals surface area (Å²) in [5, 5.41) is 4.52. The summed E-state index contributed by atoms with van der Waals surface area (Å²) in [4.78, 5) is 8.32. The molecule has 2 rings (SSSR count). The first-order valence-electron chi connectivity index (χ1n) is 5.50. The Morgan fingerprint density at radius 2 is 2.18 bits per heavy atom. The molecule has 17 heavy (non-hydrogen) atoms. The van der Waals surface area contributed by atoms with Crippen LogP contribution in [0.15, 0.2) is 16.7 Å².